The van der Waals surface area contributed by atoms with Crippen molar-refractivity contribution < 1.29 is 34.1 Å². The third kappa shape index (κ3) is 4.06. The molecule has 2 saturated carbocycles. The van der Waals surface area contributed by atoms with Crippen LogP contribution in [-0.4, -0.2) is 51.8 Å². The van der Waals surface area contributed by atoms with Gasteiger partial charge >= 0.3 is 11.9 Å². The third-order valence-electron chi connectivity index (χ3n) is 9.38. The smallest absolute Gasteiger partial charge is 0.331 e. The van der Waals surface area contributed by atoms with Crippen molar-refractivity contribution in [3.8, 4) is 0 Å². The van der Waals surface area contributed by atoms with Crippen LogP contribution in [0.25, 0.3) is 0 Å². The van der Waals surface area contributed by atoms with Crippen molar-refractivity contribution >= 4 is 17.7 Å². The quantitative estimate of drug-likeness (QED) is 0.231. The van der Waals surface area contributed by atoms with Crippen molar-refractivity contribution in [3.63, 3.8) is 0 Å². The Morgan fingerprint density at radius 3 is 2.51 bits per heavy atom. The molecular formula is C30H40O7. The van der Waals surface area contributed by atoms with Crippen LogP contribution in [-0.2, 0) is 23.9 Å². The van der Waals surface area contributed by atoms with Gasteiger partial charge in [-0.3, -0.25) is 9.59 Å². The number of ether oxygens (including phenoxy) is 2. The molecular weight excluding hydrogens is 472 g/mol. The number of aliphatic hydroxyl groups is 2. The first kappa shape index (κ1) is 27.5. The van der Waals surface area contributed by atoms with Crippen LogP contribution in [0.15, 0.2) is 47.6 Å². The second-order valence-corrected chi connectivity index (χ2v) is 11.8. The van der Waals surface area contributed by atoms with Gasteiger partial charge in [-0.2, -0.15) is 0 Å². The summed E-state index contributed by atoms with van der Waals surface area (Å²) in [4.78, 5) is 38.5. The van der Waals surface area contributed by atoms with Gasteiger partial charge in [0, 0.05) is 48.0 Å². The van der Waals surface area contributed by atoms with Gasteiger partial charge in [0.1, 0.15) is 6.10 Å². The Morgan fingerprint density at radius 2 is 1.89 bits per heavy atom. The molecule has 8 atom stereocenters. The standard InChI is InChI=1S/C30H40O7/c1-7-8-9-10-11-12-24(33)36-27-18(3)29(35)22-13-17(2)25(34)21(22)14-20(16-31)15-23(29)26-28(5,6)30(26,27)37-19(4)32/h9-13,15,18,21-23,26-27,31,35H,7-8,14,16H2,1-6H3/b10-9+,12-11-/t18?,21-,22-,23+,26-,27-,29+,30-/m1/s1. The Bertz CT molecular complexity index is 1100. The number of hydrogen-bond acceptors (Lipinski definition) is 7. The van der Waals surface area contributed by atoms with Crippen LogP contribution in [0.3, 0.4) is 0 Å². The first-order chi connectivity index (χ1) is 17.4. The lowest BCUT2D eigenvalue weighted by molar-refractivity contribution is -0.217. The normalized spacial score (nSPS) is 39.8. The average molecular weight is 513 g/mol. The molecule has 0 radical (unpaired) electrons. The van der Waals surface area contributed by atoms with Gasteiger partial charge in [0.05, 0.1) is 12.2 Å². The van der Waals surface area contributed by atoms with Crippen LogP contribution in [0.5, 0.6) is 0 Å². The fraction of sp³-hybridized carbons (Fsp3) is 0.633. The number of unbranched alkanes of at least 4 members (excludes halogenated alkanes) is 1. The molecule has 4 aliphatic carbocycles. The summed E-state index contributed by atoms with van der Waals surface area (Å²) in [6.07, 6.45) is 11.8. The Morgan fingerprint density at radius 1 is 1.19 bits per heavy atom. The van der Waals surface area contributed by atoms with Crippen molar-refractivity contribution in [2.45, 2.75) is 78.1 Å². The molecule has 7 nitrogen and oxygen atoms in total. The topological polar surface area (TPSA) is 110 Å². The molecule has 4 aliphatic rings. The molecule has 0 aromatic carbocycles. The number of carbonyl (C=O) groups excluding carboxylic acids is 3. The molecule has 37 heavy (non-hydrogen) atoms. The zero-order valence-electron chi connectivity index (χ0n) is 22.7. The lowest BCUT2D eigenvalue weighted by Crippen LogP contribution is -2.63. The van der Waals surface area contributed by atoms with Crippen molar-refractivity contribution in [1.82, 2.24) is 0 Å². The summed E-state index contributed by atoms with van der Waals surface area (Å²) in [5, 5.41) is 22.7. The number of esters is 2. The maximum absolute atomic E-state index is 13.1. The molecule has 0 heterocycles. The van der Waals surface area contributed by atoms with E-state index in [1.807, 2.05) is 39.0 Å². The highest BCUT2D eigenvalue weighted by molar-refractivity contribution is 6.00. The first-order valence-electron chi connectivity index (χ1n) is 13.4. The van der Waals surface area contributed by atoms with E-state index in [1.165, 1.54) is 13.0 Å². The number of fused-ring (bicyclic) bond motifs is 5. The van der Waals surface area contributed by atoms with E-state index in [2.05, 4.69) is 6.92 Å². The minimum absolute atomic E-state index is 0.0344. The van der Waals surface area contributed by atoms with E-state index in [4.69, 9.17) is 9.47 Å². The Kier molecular flexibility index (Phi) is 7.19. The molecule has 2 N–H and O–H groups in total. The minimum Gasteiger partial charge on any atom is -0.455 e. The van der Waals surface area contributed by atoms with Gasteiger partial charge in [0.25, 0.3) is 0 Å². The summed E-state index contributed by atoms with van der Waals surface area (Å²) in [5.74, 6) is -3.67. The van der Waals surface area contributed by atoms with E-state index < -0.39 is 58.3 Å². The van der Waals surface area contributed by atoms with Crippen molar-refractivity contribution in [3.05, 3.63) is 47.6 Å². The maximum Gasteiger partial charge on any atom is 0.331 e. The molecule has 0 amide bonds. The molecule has 7 heteroatoms. The van der Waals surface area contributed by atoms with E-state index in [0.29, 0.717) is 17.6 Å². The minimum atomic E-state index is -1.45. The van der Waals surface area contributed by atoms with Gasteiger partial charge in [0.15, 0.2) is 11.4 Å². The number of rotatable bonds is 7. The van der Waals surface area contributed by atoms with Crippen LogP contribution in [0, 0.1) is 35.0 Å². The van der Waals surface area contributed by atoms with E-state index in [9.17, 15) is 24.6 Å². The molecule has 0 aromatic heterocycles. The summed E-state index contributed by atoms with van der Waals surface area (Å²) < 4.78 is 12.1. The molecule has 202 valence electrons. The predicted octanol–water partition coefficient (Wildman–Crippen LogP) is 3.85. The number of allylic oxidation sites excluding steroid dienone is 4. The van der Waals surface area contributed by atoms with Crippen molar-refractivity contribution in [1.29, 1.82) is 0 Å². The molecule has 4 rings (SSSR count). The zero-order valence-corrected chi connectivity index (χ0v) is 22.7. The Hall–Kier alpha value is -2.51. The molecule has 0 spiro atoms. The number of carbonyl (C=O) groups is 3. The number of aliphatic hydroxyl groups excluding tert-OH is 1. The highest BCUT2D eigenvalue weighted by Crippen LogP contribution is 2.76. The van der Waals surface area contributed by atoms with E-state index >= 15 is 0 Å². The first-order valence-corrected chi connectivity index (χ1v) is 13.4. The highest BCUT2D eigenvalue weighted by atomic mass is 16.6. The predicted molar refractivity (Wildman–Crippen MR) is 138 cm³/mol. The monoisotopic (exact) mass is 512 g/mol. The van der Waals surface area contributed by atoms with Crippen LogP contribution < -0.4 is 0 Å². The lowest BCUT2D eigenvalue weighted by Gasteiger charge is -2.52. The van der Waals surface area contributed by atoms with E-state index in [1.54, 1.807) is 19.1 Å². The van der Waals surface area contributed by atoms with Crippen LogP contribution in [0.1, 0.15) is 60.8 Å². The summed E-state index contributed by atoms with van der Waals surface area (Å²) >= 11 is 0. The fourth-order valence-electron chi connectivity index (χ4n) is 7.64. The van der Waals surface area contributed by atoms with Crippen LogP contribution in [0.4, 0.5) is 0 Å². The van der Waals surface area contributed by atoms with Gasteiger partial charge in [-0.05, 0) is 30.9 Å². The summed E-state index contributed by atoms with van der Waals surface area (Å²) in [7, 11) is 0. The van der Waals surface area contributed by atoms with Crippen LogP contribution in [0.2, 0.25) is 0 Å². The van der Waals surface area contributed by atoms with Gasteiger partial charge in [-0.25, -0.2) is 4.79 Å². The lowest BCUT2D eigenvalue weighted by atomic mass is 9.60. The van der Waals surface area contributed by atoms with Gasteiger partial charge in [-0.1, -0.05) is 64.5 Å². The number of ketones is 1. The second-order valence-electron chi connectivity index (χ2n) is 11.8. The summed E-state index contributed by atoms with van der Waals surface area (Å²) in [6.45, 7) is 10.7. The van der Waals surface area contributed by atoms with Crippen molar-refractivity contribution in [2.24, 2.45) is 35.0 Å². The molecule has 2 fully saturated rings. The third-order valence-corrected chi connectivity index (χ3v) is 9.38. The zero-order chi connectivity index (χ0) is 27.3. The Labute approximate surface area is 219 Å². The average Bonchev–Trinajstić information content (AvgIpc) is 3.22. The SMILES string of the molecule is CCC/C=C/C=C\C(=O)O[C@@H]1C(C)[C@]2(O)[C@@H]3C=C(C)C(=O)[C@@H]3CC(CO)=C[C@H]2[C@@H]2C(C)(C)[C@]12OC(C)=O. The Balaban J connectivity index is 1.81. The number of Topliss-reactive ketones (excluding diaryl/α,β-unsaturated/α-hetero) is 1. The molecule has 1 unspecified atom stereocenters. The molecule has 0 bridgehead atoms. The maximum atomic E-state index is 13.1. The highest BCUT2D eigenvalue weighted by Gasteiger charge is 2.87. The fourth-order valence-corrected chi connectivity index (χ4v) is 7.64. The molecule has 0 saturated heterocycles. The van der Waals surface area contributed by atoms with Crippen LogP contribution >= 0.6 is 0 Å². The van der Waals surface area contributed by atoms with Gasteiger partial charge < -0.3 is 19.7 Å². The van der Waals surface area contributed by atoms with Crippen molar-refractivity contribution in [2.75, 3.05) is 6.61 Å². The van der Waals surface area contributed by atoms with Gasteiger partial charge in [-0.15, -0.1) is 0 Å². The summed E-state index contributed by atoms with van der Waals surface area (Å²) in [5.41, 5.74) is -1.94. The van der Waals surface area contributed by atoms with E-state index in [0.717, 1.165) is 12.8 Å². The molecule has 0 aliphatic heterocycles. The number of hydrogen-bond donors (Lipinski definition) is 2. The van der Waals surface area contributed by atoms with E-state index in [-0.39, 0.29) is 18.3 Å². The summed E-state index contributed by atoms with van der Waals surface area (Å²) in [6, 6.07) is 0. The largest absolute Gasteiger partial charge is 0.455 e. The van der Waals surface area contributed by atoms with Gasteiger partial charge in [0.2, 0.25) is 0 Å². The second kappa shape index (κ2) is 9.66. The molecule has 0 aromatic rings.